The minimum Gasteiger partial charge on any atom is -0.493 e. The number of benzene rings is 2. The van der Waals surface area contributed by atoms with Gasteiger partial charge in [0.1, 0.15) is 12.4 Å². The second kappa shape index (κ2) is 9.04. The largest absolute Gasteiger partial charge is 0.493 e. The van der Waals surface area contributed by atoms with Crippen LogP contribution in [0, 0.1) is 11.7 Å². The first kappa shape index (κ1) is 18.7. The quantitative estimate of drug-likeness (QED) is 0.687. The van der Waals surface area contributed by atoms with E-state index < -0.39 is 0 Å². The molecule has 0 aliphatic carbocycles. The monoisotopic (exact) mass is 395 g/mol. The van der Waals surface area contributed by atoms with Crippen LogP contribution in [0.15, 0.2) is 40.9 Å². The third-order valence-electron chi connectivity index (χ3n) is 3.57. The Labute approximate surface area is 151 Å². The fourth-order valence-corrected chi connectivity index (χ4v) is 2.77. The minimum absolute atomic E-state index is 0.149. The first-order valence-electron chi connectivity index (χ1n) is 7.95. The van der Waals surface area contributed by atoms with Crippen molar-refractivity contribution in [2.45, 2.75) is 27.0 Å². The van der Waals surface area contributed by atoms with Gasteiger partial charge in [-0.2, -0.15) is 0 Å². The maximum atomic E-state index is 13.8. The number of nitrogens with one attached hydrogen (secondary N) is 1. The van der Waals surface area contributed by atoms with Crippen molar-refractivity contribution in [2.24, 2.45) is 5.92 Å². The molecule has 0 amide bonds. The highest BCUT2D eigenvalue weighted by Crippen LogP contribution is 2.36. The summed E-state index contributed by atoms with van der Waals surface area (Å²) in [5, 5.41) is 3.40. The number of rotatable bonds is 8. The lowest BCUT2D eigenvalue weighted by molar-refractivity contribution is 0.275. The van der Waals surface area contributed by atoms with E-state index >= 15 is 0 Å². The molecule has 0 saturated carbocycles. The van der Waals surface area contributed by atoms with E-state index in [2.05, 4.69) is 35.1 Å². The molecule has 5 heteroatoms. The molecule has 0 atom stereocenters. The zero-order chi connectivity index (χ0) is 17.5. The molecule has 2 aromatic rings. The number of hydrogen-bond acceptors (Lipinski definition) is 3. The van der Waals surface area contributed by atoms with Crippen molar-refractivity contribution in [1.82, 2.24) is 5.32 Å². The summed E-state index contributed by atoms with van der Waals surface area (Å²) in [6.45, 7) is 6.00. The van der Waals surface area contributed by atoms with E-state index in [1.54, 1.807) is 25.3 Å². The second-order valence-corrected chi connectivity index (χ2v) is 6.82. The molecule has 0 unspecified atom stereocenters. The van der Waals surface area contributed by atoms with Crippen molar-refractivity contribution in [1.29, 1.82) is 0 Å². The lowest BCUT2D eigenvalue weighted by Crippen LogP contribution is -2.20. The molecule has 3 nitrogen and oxygen atoms in total. The number of hydrogen-bond donors (Lipinski definition) is 1. The normalized spacial score (nSPS) is 10.9. The van der Waals surface area contributed by atoms with Gasteiger partial charge in [0.2, 0.25) is 0 Å². The molecule has 2 aromatic carbocycles. The Morgan fingerprint density at radius 3 is 2.58 bits per heavy atom. The Balaban J connectivity index is 2.22. The van der Waals surface area contributed by atoms with Gasteiger partial charge in [0.05, 0.1) is 7.11 Å². The van der Waals surface area contributed by atoms with Crippen LogP contribution in [-0.4, -0.2) is 13.7 Å². The average Bonchev–Trinajstić information content (AvgIpc) is 2.56. The topological polar surface area (TPSA) is 30.5 Å². The van der Waals surface area contributed by atoms with Gasteiger partial charge >= 0.3 is 0 Å². The van der Waals surface area contributed by atoms with Crippen LogP contribution in [0.4, 0.5) is 4.39 Å². The molecule has 1 N–H and O–H groups in total. The van der Waals surface area contributed by atoms with Crippen molar-refractivity contribution >= 4 is 15.9 Å². The SMILES string of the molecule is COc1ccc(Br)c(CNCC(C)C)c1OCc1ccccc1F. The predicted molar refractivity (Wildman–Crippen MR) is 98.0 cm³/mol. The summed E-state index contributed by atoms with van der Waals surface area (Å²) >= 11 is 3.57. The Kier molecular flexibility index (Phi) is 7.06. The van der Waals surface area contributed by atoms with Gasteiger partial charge in [0, 0.05) is 22.1 Å². The number of ether oxygens (including phenoxy) is 2. The van der Waals surface area contributed by atoms with Gasteiger partial charge in [-0.15, -0.1) is 0 Å². The zero-order valence-corrected chi connectivity index (χ0v) is 15.8. The van der Waals surface area contributed by atoms with Gasteiger partial charge in [-0.25, -0.2) is 4.39 Å². The summed E-state index contributed by atoms with van der Waals surface area (Å²) in [5.74, 6) is 1.55. The van der Waals surface area contributed by atoms with Gasteiger partial charge in [0.25, 0.3) is 0 Å². The predicted octanol–water partition coefficient (Wildman–Crippen LogP) is 4.92. The molecular weight excluding hydrogens is 373 g/mol. The molecule has 0 aliphatic rings. The van der Waals surface area contributed by atoms with Gasteiger partial charge in [0.15, 0.2) is 11.5 Å². The van der Waals surface area contributed by atoms with Gasteiger partial charge in [-0.1, -0.05) is 48.0 Å². The summed E-state index contributed by atoms with van der Waals surface area (Å²) in [7, 11) is 1.60. The number of halogens is 2. The first-order chi connectivity index (χ1) is 11.5. The van der Waals surface area contributed by atoms with Crippen molar-refractivity contribution in [2.75, 3.05) is 13.7 Å². The van der Waals surface area contributed by atoms with E-state index in [-0.39, 0.29) is 12.4 Å². The van der Waals surface area contributed by atoms with E-state index in [0.29, 0.717) is 29.5 Å². The lowest BCUT2D eigenvalue weighted by atomic mass is 10.1. The fraction of sp³-hybridized carbons (Fsp3) is 0.368. The third-order valence-corrected chi connectivity index (χ3v) is 4.31. The summed E-state index contributed by atoms with van der Waals surface area (Å²) in [5.41, 5.74) is 1.48. The molecule has 24 heavy (non-hydrogen) atoms. The highest BCUT2D eigenvalue weighted by atomic mass is 79.9. The van der Waals surface area contributed by atoms with Crippen LogP contribution in [0.2, 0.25) is 0 Å². The molecular formula is C19H23BrFNO2. The molecule has 130 valence electrons. The molecule has 0 heterocycles. The Morgan fingerprint density at radius 2 is 1.92 bits per heavy atom. The zero-order valence-electron chi connectivity index (χ0n) is 14.2. The van der Waals surface area contributed by atoms with Crippen LogP contribution >= 0.6 is 15.9 Å². The van der Waals surface area contributed by atoms with E-state index in [9.17, 15) is 4.39 Å². The lowest BCUT2D eigenvalue weighted by Gasteiger charge is -2.18. The Bertz CT molecular complexity index is 676. The smallest absolute Gasteiger partial charge is 0.167 e. The molecule has 0 spiro atoms. The summed E-state index contributed by atoms with van der Waals surface area (Å²) in [6.07, 6.45) is 0. The van der Waals surface area contributed by atoms with E-state index in [0.717, 1.165) is 16.6 Å². The molecule has 0 aliphatic heterocycles. The van der Waals surface area contributed by atoms with E-state index in [1.807, 2.05) is 12.1 Å². The molecule has 0 radical (unpaired) electrons. The van der Waals surface area contributed by atoms with E-state index in [1.165, 1.54) is 6.07 Å². The van der Waals surface area contributed by atoms with Crippen LogP contribution < -0.4 is 14.8 Å². The molecule has 0 aromatic heterocycles. The minimum atomic E-state index is -0.272. The van der Waals surface area contributed by atoms with Crippen LogP contribution in [-0.2, 0) is 13.2 Å². The fourth-order valence-electron chi connectivity index (χ4n) is 2.32. The first-order valence-corrected chi connectivity index (χ1v) is 8.74. The standard InChI is InChI=1S/C19H23BrFNO2/c1-13(2)10-22-11-15-16(20)8-9-18(23-3)19(15)24-12-14-6-4-5-7-17(14)21/h4-9,13,22H,10-12H2,1-3H3. The van der Waals surface area contributed by atoms with Crippen molar-refractivity contribution in [3.8, 4) is 11.5 Å². The number of methoxy groups -OCH3 is 1. The van der Waals surface area contributed by atoms with Crippen molar-refractivity contribution in [3.05, 3.63) is 57.8 Å². The second-order valence-electron chi connectivity index (χ2n) is 5.96. The van der Waals surface area contributed by atoms with Gasteiger partial charge in [-0.3, -0.25) is 0 Å². The van der Waals surface area contributed by atoms with Crippen LogP contribution in [0.1, 0.15) is 25.0 Å². The van der Waals surface area contributed by atoms with Crippen LogP contribution in [0.3, 0.4) is 0 Å². The van der Waals surface area contributed by atoms with Crippen LogP contribution in [0.5, 0.6) is 11.5 Å². The summed E-state index contributed by atoms with van der Waals surface area (Å²) in [6, 6.07) is 10.4. The van der Waals surface area contributed by atoms with E-state index in [4.69, 9.17) is 9.47 Å². The molecule has 0 bridgehead atoms. The molecule has 2 rings (SSSR count). The summed E-state index contributed by atoms with van der Waals surface area (Å²) < 4.78 is 26.1. The van der Waals surface area contributed by atoms with Crippen molar-refractivity contribution < 1.29 is 13.9 Å². The highest BCUT2D eigenvalue weighted by Gasteiger charge is 2.15. The molecule has 0 fully saturated rings. The summed E-state index contributed by atoms with van der Waals surface area (Å²) in [4.78, 5) is 0. The Hall–Kier alpha value is -1.59. The highest BCUT2D eigenvalue weighted by molar-refractivity contribution is 9.10. The maximum Gasteiger partial charge on any atom is 0.167 e. The average molecular weight is 396 g/mol. The Morgan fingerprint density at radius 1 is 1.17 bits per heavy atom. The van der Waals surface area contributed by atoms with Crippen LogP contribution in [0.25, 0.3) is 0 Å². The molecule has 0 saturated heterocycles. The van der Waals surface area contributed by atoms with Gasteiger partial charge in [-0.05, 0) is 30.7 Å². The van der Waals surface area contributed by atoms with Gasteiger partial charge < -0.3 is 14.8 Å². The van der Waals surface area contributed by atoms with Crippen molar-refractivity contribution in [3.63, 3.8) is 0 Å². The maximum absolute atomic E-state index is 13.8. The third kappa shape index (κ3) is 4.95.